The highest BCUT2D eigenvalue weighted by Gasteiger charge is 2.30. The number of carbonyl (C=O) groups is 2. The van der Waals surface area contributed by atoms with Gasteiger partial charge in [-0.3, -0.25) is 9.59 Å². The number of fused-ring (bicyclic) bond motifs is 2. The topological polar surface area (TPSA) is 40.6 Å². The Hall–Kier alpha value is -2.62. The molecule has 0 saturated heterocycles. The molecule has 2 amide bonds. The van der Waals surface area contributed by atoms with Crippen LogP contribution in [0.1, 0.15) is 43.2 Å². The van der Waals surface area contributed by atoms with Crippen molar-refractivity contribution in [2.24, 2.45) is 0 Å². The van der Waals surface area contributed by atoms with Crippen LogP contribution in [-0.2, 0) is 16.0 Å². The van der Waals surface area contributed by atoms with Gasteiger partial charge in [0.1, 0.15) is 6.54 Å². The summed E-state index contributed by atoms with van der Waals surface area (Å²) in [7, 11) is 0. The molecule has 0 unspecified atom stereocenters. The van der Waals surface area contributed by atoms with Crippen molar-refractivity contribution in [3.05, 3.63) is 59.7 Å². The Bertz CT molecular complexity index is 846. The Labute approximate surface area is 154 Å². The lowest BCUT2D eigenvalue weighted by molar-refractivity contribution is -0.122. The van der Waals surface area contributed by atoms with Crippen LogP contribution in [0.2, 0.25) is 0 Å². The smallest absolute Gasteiger partial charge is 0.247 e. The molecule has 0 spiro atoms. The highest BCUT2D eigenvalue weighted by atomic mass is 16.2. The predicted octanol–water partition coefficient (Wildman–Crippen LogP) is 3.90. The van der Waals surface area contributed by atoms with Gasteiger partial charge in [0.25, 0.3) is 0 Å². The Balaban J connectivity index is 1.63. The third-order valence-electron chi connectivity index (χ3n) is 5.56. The number of hydrogen-bond acceptors (Lipinski definition) is 2. The molecule has 4 nitrogen and oxygen atoms in total. The van der Waals surface area contributed by atoms with Gasteiger partial charge in [-0.1, -0.05) is 43.3 Å². The van der Waals surface area contributed by atoms with Gasteiger partial charge in [-0.25, -0.2) is 0 Å². The largest absolute Gasteiger partial charge is 0.311 e. The number of anilines is 2. The van der Waals surface area contributed by atoms with Crippen LogP contribution in [-0.4, -0.2) is 24.9 Å². The van der Waals surface area contributed by atoms with E-state index in [1.807, 2.05) is 47.4 Å². The average Bonchev–Trinajstić information content (AvgIpc) is 2.83. The molecule has 1 atom stereocenters. The van der Waals surface area contributed by atoms with Gasteiger partial charge < -0.3 is 9.80 Å². The maximum atomic E-state index is 13.2. The first kappa shape index (κ1) is 16.8. The second kappa shape index (κ2) is 6.94. The van der Waals surface area contributed by atoms with Gasteiger partial charge in [-0.2, -0.15) is 0 Å². The van der Waals surface area contributed by atoms with Gasteiger partial charge in [0.15, 0.2) is 0 Å². The number of nitrogens with zero attached hydrogens (tertiary/aromatic N) is 2. The molecular formula is C22H24N2O2. The minimum atomic E-state index is -0.00315. The van der Waals surface area contributed by atoms with Gasteiger partial charge >= 0.3 is 0 Å². The fraction of sp³-hybridized carbons (Fsp3) is 0.364. The van der Waals surface area contributed by atoms with Crippen LogP contribution < -0.4 is 9.80 Å². The zero-order valence-electron chi connectivity index (χ0n) is 15.1. The average molecular weight is 348 g/mol. The molecular weight excluding hydrogens is 324 g/mol. The van der Waals surface area contributed by atoms with Gasteiger partial charge in [-0.15, -0.1) is 0 Å². The van der Waals surface area contributed by atoms with Crippen molar-refractivity contribution in [2.75, 3.05) is 22.9 Å². The summed E-state index contributed by atoms with van der Waals surface area (Å²) in [6, 6.07) is 16.1. The molecule has 0 saturated carbocycles. The van der Waals surface area contributed by atoms with Gasteiger partial charge in [-0.05, 0) is 48.4 Å². The van der Waals surface area contributed by atoms with Gasteiger partial charge in [0, 0.05) is 24.3 Å². The van der Waals surface area contributed by atoms with Crippen LogP contribution >= 0.6 is 0 Å². The third kappa shape index (κ3) is 3.00. The van der Waals surface area contributed by atoms with E-state index in [0.717, 1.165) is 36.2 Å². The van der Waals surface area contributed by atoms with E-state index in [1.54, 1.807) is 4.90 Å². The van der Waals surface area contributed by atoms with E-state index >= 15 is 0 Å². The molecule has 0 fully saturated rings. The SMILES string of the molecule is C[C@@H]1CCCN(C(=O)CN2C(=O)CCc3ccccc32)c2ccccc21. The molecule has 2 aromatic rings. The van der Waals surface area contributed by atoms with E-state index in [9.17, 15) is 9.59 Å². The quantitative estimate of drug-likeness (QED) is 0.826. The Morgan fingerprint density at radius 1 is 1.04 bits per heavy atom. The lowest BCUT2D eigenvalue weighted by atomic mass is 9.96. The van der Waals surface area contributed by atoms with Crippen molar-refractivity contribution >= 4 is 23.2 Å². The summed E-state index contributed by atoms with van der Waals surface area (Å²) in [6.45, 7) is 3.04. The second-order valence-corrected chi connectivity index (χ2v) is 7.26. The molecule has 2 heterocycles. The summed E-state index contributed by atoms with van der Waals surface area (Å²) in [5, 5.41) is 0. The molecule has 0 radical (unpaired) electrons. The van der Waals surface area contributed by atoms with E-state index in [-0.39, 0.29) is 18.4 Å². The van der Waals surface area contributed by atoms with Crippen molar-refractivity contribution in [1.82, 2.24) is 0 Å². The lowest BCUT2D eigenvalue weighted by Gasteiger charge is -2.31. The number of amides is 2. The molecule has 134 valence electrons. The monoisotopic (exact) mass is 348 g/mol. The summed E-state index contributed by atoms with van der Waals surface area (Å²) in [5.74, 6) is 0.478. The predicted molar refractivity (Wildman–Crippen MR) is 104 cm³/mol. The van der Waals surface area contributed by atoms with Crippen molar-refractivity contribution in [3.63, 3.8) is 0 Å². The van der Waals surface area contributed by atoms with Crippen LogP contribution in [0.3, 0.4) is 0 Å². The molecule has 0 bridgehead atoms. The van der Waals surface area contributed by atoms with Crippen LogP contribution in [0.25, 0.3) is 0 Å². The highest BCUT2D eigenvalue weighted by Crippen LogP contribution is 2.34. The Morgan fingerprint density at radius 2 is 1.77 bits per heavy atom. The minimum Gasteiger partial charge on any atom is -0.311 e. The number of rotatable bonds is 2. The van der Waals surface area contributed by atoms with Crippen molar-refractivity contribution in [1.29, 1.82) is 0 Å². The standard InChI is InChI=1S/C22H24N2O2/c1-16-7-6-14-23(20-11-5-3-9-18(16)20)22(26)15-24-19-10-4-2-8-17(19)12-13-21(24)25/h2-5,8-11,16H,6-7,12-15H2,1H3/t16-/m1/s1. The molecule has 0 N–H and O–H groups in total. The molecule has 26 heavy (non-hydrogen) atoms. The summed E-state index contributed by atoms with van der Waals surface area (Å²) in [5.41, 5.74) is 4.25. The fourth-order valence-corrected chi connectivity index (χ4v) is 4.13. The maximum Gasteiger partial charge on any atom is 0.247 e. The van der Waals surface area contributed by atoms with Crippen molar-refractivity contribution in [2.45, 2.75) is 38.5 Å². The molecule has 4 rings (SSSR count). The summed E-state index contributed by atoms with van der Waals surface area (Å²) >= 11 is 0. The van der Waals surface area contributed by atoms with E-state index in [2.05, 4.69) is 13.0 Å². The van der Waals surface area contributed by atoms with Gasteiger partial charge in [0.2, 0.25) is 11.8 Å². The highest BCUT2D eigenvalue weighted by molar-refractivity contribution is 6.05. The fourth-order valence-electron chi connectivity index (χ4n) is 4.13. The lowest BCUT2D eigenvalue weighted by Crippen LogP contribution is -2.45. The zero-order valence-corrected chi connectivity index (χ0v) is 15.1. The van der Waals surface area contributed by atoms with Crippen molar-refractivity contribution < 1.29 is 9.59 Å². The second-order valence-electron chi connectivity index (χ2n) is 7.26. The van der Waals surface area contributed by atoms with E-state index < -0.39 is 0 Å². The number of hydrogen-bond donors (Lipinski definition) is 0. The normalized spacial score (nSPS) is 19.6. The maximum absolute atomic E-state index is 13.2. The molecule has 2 aromatic carbocycles. The number of para-hydroxylation sites is 2. The third-order valence-corrected chi connectivity index (χ3v) is 5.56. The summed E-state index contributed by atoms with van der Waals surface area (Å²) < 4.78 is 0. The summed E-state index contributed by atoms with van der Waals surface area (Å²) in [6.07, 6.45) is 3.28. The summed E-state index contributed by atoms with van der Waals surface area (Å²) in [4.78, 5) is 29.2. The van der Waals surface area contributed by atoms with Gasteiger partial charge in [0.05, 0.1) is 0 Å². The minimum absolute atomic E-state index is 0.00315. The number of benzene rings is 2. The van der Waals surface area contributed by atoms with E-state index in [4.69, 9.17) is 0 Å². The Morgan fingerprint density at radius 3 is 2.62 bits per heavy atom. The van der Waals surface area contributed by atoms with E-state index in [1.165, 1.54) is 5.56 Å². The molecule has 4 heteroatoms. The number of aryl methyl sites for hydroxylation is 1. The van der Waals surface area contributed by atoms with Crippen LogP contribution in [0, 0.1) is 0 Å². The zero-order chi connectivity index (χ0) is 18.1. The first-order chi connectivity index (χ1) is 12.6. The number of carbonyl (C=O) groups excluding carboxylic acids is 2. The molecule has 0 aromatic heterocycles. The first-order valence-corrected chi connectivity index (χ1v) is 9.42. The van der Waals surface area contributed by atoms with E-state index in [0.29, 0.717) is 18.9 Å². The van der Waals surface area contributed by atoms with Crippen LogP contribution in [0.4, 0.5) is 11.4 Å². The molecule has 2 aliphatic heterocycles. The Kier molecular flexibility index (Phi) is 4.49. The molecule has 0 aliphatic carbocycles. The first-order valence-electron chi connectivity index (χ1n) is 9.42. The van der Waals surface area contributed by atoms with Crippen molar-refractivity contribution in [3.8, 4) is 0 Å². The van der Waals surface area contributed by atoms with Crippen LogP contribution in [0.5, 0.6) is 0 Å². The molecule has 2 aliphatic rings. The van der Waals surface area contributed by atoms with Crippen LogP contribution in [0.15, 0.2) is 48.5 Å².